The first kappa shape index (κ1) is 15.2. The topological polar surface area (TPSA) is 46.2 Å². The van der Waals surface area contributed by atoms with Crippen LogP contribution in [0.3, 0.4) is 0 Å². The van der Waals surface area contributed by atoms with Crippen LogP contribution in [0, 0.1) is 11.6 Å². The van der Waals surface area contributed by atoms with E-state index in [0.717, 1.165) is 23.3 Å². The SMILES string of the molecule is O=C(Nc1ccc(F)cc1F)c1ccc2c(c1)C(=O)c1ccccc1-2. The molecule has 0 radical (unpaired) electrons. The lowest BCUT2D eigenvalue weighted by Crippen LogP contribution is -2.13. The second-order valence-electron chi connectivity index (χ2n) is 5.71. The number of carbonyl (C=O) groups excluding carboxylic acids is 2. The number of nitrogens with one attached hydrogen (secondary N) is 1. The highest BCUT2D eigenvalue weighted by molar-refractivity contribution is 6.22. The number of anilines is 1. The molecule has 0 fully saturated rings. The van der Waals surface area contributed by atoms with Gasteiger partial charge >= 0.3 is 0 Å². The molecule has 3 aromatic rings. The number of ketones is 1. The predicted octanol–water partition coefficient (Wildman–Crippen LogP) is 4.43. The summed E-state index contributed by atoms with van der Waals surface area (Å²) in [5, 5.41) is 2.39. The summed E-state index contributed by atoms with van der Waals surface area (Å²) in [6.45, 7) is 0. The molecule has 0 aromatic heterocycles. The van der Waals surface area contributed by atoms with Gasteiger partial charge in [-0.2, -0.15) is 0 Å². The van der Waals surface area contributed by atoms with E-state index in [0.29, 0.717) is 17.2 Å². The van der Waals surface area contributed by atoms with Crippen LogP contribution in [0.15, 0.2) is 60.7 Å². The summed E-state index contributed by atoms with van der Waals surface area (Å²) in [7, 11) is 0. The van der Waals surface area contributed by atoms with E-state index < -0.39 is 17.5 Å². The first-order valence-corrected chi connectivity index (χ1v) is 7.59. The fraction of sp³-hybridized carbons (Fsp3) is 0. The summed E-state index contributed by atoms with van der Waals surface area (Å²) >= 11 is 0. The minimum Gasteiger partial charge on any atom is -0.319 e. The molecule has 4 rings (SSSR count). The second kappa shape index (κ2) is 5.63. The molecule has 0 spiro atoms. The monoisotopic (exact) mass is 335 g/mol. The molecule has 3 aromatic carbocycles. The Labute approximate surface area is 141 Å². The van der Waals surface area contributed by atoms with Gasteiger partial charge in [-0.05, 0) is 35.4 Å². The Morgan fingerprint density at radius 1 is 0.800 bits per heavy atom. The Hall–Kier alpha value is -3.34. The average Bonchev–Trinajstić information content (AvgIpc) is 2.90. The largest absolute Gasteiger partial charge is 0.319 e. The molecule has 1 N–H and O–H groups in total. The average molecular weight is 335 g/mol. The smallest absolute Gasteiger partial charge is 0.255 e. The molecule has 0 saturated heterocycles. The van der Waals surface area contributed by atoms with Crippen LogP contribution in [-0.4, -0.2) is 11.7 Å². The van der Waals surface area contributed by atoms with Gasteiger partial charge in [-0.1, -0.05) is 30.3 Å². The number of rotatable bonds is 2. The van der Waals surface area contributed by atoms with Crippen LogP contribution >= 0.6 is 0 Å². The van der Waals surface area contributed by atoms with Gasteiger partial charge in [-0.25, -0.2) is 8.78 Å². The van der Waals surface area contributed by atoms with Crippen molar-refractivity contribution >= 4 is 17.4 Å². The van der Waals surface area contributed by atoms with Crippen molar-refractivity contribution in [3.05, 3.63) is 89.0 Å². The Bertz CT molecular complexity index is 1040. The van der Waals surface area contributed by atoms with E-state index in [1.165, 1.54) is 6.07 Å². The quantitative estimate of drug-likeness (QED) is 0.589. The van der Waals surface area contributed by atoms with Crippen molar-refractivity contribution in [3.63, 3.8) is 0 Å². The molecule has 5 heteroatoms. The minimum absolute atomic E-state index is 0.124. The third kappa shape index (κ3) is 2.50. The molecule has 0 atom stereocenters. The van der Waals surface area contributed by atoms with Gasteiger partial charge in [-0.15, -0.1) is 0 Å². The molecule has 0 saturated carbocycles. The Morgan fingerprint density at radius 3 is 2.28 bits per heavy atom. The van der Waals surface area contributed by atoms with E-state index in [4.69, 9.17) is 0 Å². The van der Waals surface area contributed by atoms with Crippen molar-refractivity contribution in [2.24, 2.45) is 0 Å². The zero-order chi connectivity index (χ0) is 17.6. The van der Waals surface area contributed by atoms with Crippen molar-refractivity contribution in [2.45, 2.75) is 0 Å². The van der Waals surface area contributed by atoms with Crippen molar-refractivity contribution in [2.75, 3.05) is 5.32 Å². The summed E-state index contributed by atoms with van der Waals surface area (Å²) < 4.78 is 26.6. The van der Waals surface area contributed by atoms with Crippen LogP contribution in [0.2, 0.25) is 0 Å². The van der Waals surface area contributed by atoms with Crippen LogP contribution in [0.1, 0.15) is 26.3 Å². The van der Waals surface area contributed by atoms with E-state index in [2.05, 4.69) is 5.32 Å². The second-order valence-corrected chi connectivity index (χ2v) is 5.71. The molecule has 1 aliphatic carbocycles. The van der Waals surface area contributed by atoms with Crippen molar-refractivity contribution in [3.8, 4) is 11.1 Å². The number of fused-ring (bicyclic) bond motifs is 3. The van der Waals surface area contributed by atoms with Crippen molar-refractivity contribution < 1.29 is 18.4 Å². The molecule has 0 bridgehead atoms. The minimum atomic E-state index is -0.863. The van der Waals surface area contributed by atoms with Crippen LogP contribution < -0.4 is 5.32 Å². The van der Waals surface area contributed by atoms with Gasteiger partial charge in [-0.3, -0.25) is 9.59 Å². The number of benzene rings is 3. The van der Waals surface area contributed by atoms with Crippen LogP contribution in [-0.2, 0) is 0 Å². The molecule has 122 valence electrons. The zero-order valence-electron chi connectivity index (χ0n) is 12.8. The maximum absolute atomic E-state index is 13.7. The molecule has 0 heterocycles. The van der Waals surface area contributed by atoms with Crippen LogP contribution in [0.5, 0.6) is 0 Å². The van der Waals surface area contributed by atoms with Crippen LogP contribution in [0.25, 0.3) is 11.1 Å². The Balaban J connectivity index is 1.67. The number of amides is 1. The lowest BCUT2D eigenvalue weighted by atomic mass is 10.0. The maximum Gasteiger partial charge on any atom is 0.255 e. The molecule has 0 aliphatic heterocycles. The first-order chi connectivity index (χ1) is 12.0. The van der Waals surface area contributed by atoms with E-state index in [1.54, 1.807) is 24.3 Å². The first-order valence-electron chi connectivity index (χ1n) is 7.59. The summed E-state index contributed by atoms with van der Waals surface area (Å²) in [6.07, 6.45) is 0. The third-order valence-electron chi connectivity index (χ3n) is 4.17. The number of hydrogen-bond acceptors (Lipinski definition) is 2. The third-order valence-corrected chi connectivity index (χ3v) is 4.17. The Morgan fingerprint density at radius 2 is 1.52 bits per heavy atom. The number of hydrogen-bond donors (Lipinski definition) is 1. The summed E-state index contributed by atoms with van der Waals surface area (Å²) in [5.41, 5.74) is 2.74. The van der Waals surface area contributed by atoms with E-state index >= 15 is 0 Å². The normalized spacial score (nSPS) is 11.8. The lowest BCUT2D eigenvalue weighted by Gasteiger charge is -2.08. The zero-order valence-corrected chi connectivity index (χ0v) is 12.8. The molecular formula is C20H11F2NO2. The summed E-state index contributed by atoms with van der Waals surface area (Å²) in [5.74, 6) is -2.31. The number of halogens is 2. The van der Waals surface area contributed by atoms with Crippen molar-refractivity contribution in [1.82, 2.24) is 0 Å². The van der Waals surface area contributed by atoms with Gasteiger partial charge in [0.2, 0.25) is 0 Å². The molecule has 1 amide bonds. The molecule has 0 unspecified atom stereocenters. The highest BCUT2D eigenvalue weighted by Crippen LogP contribution is 2.36. The lowest BCUT2D eigenvalue weighted by molar-refractivity contribution is 0.102. The standard InChI is InChI=1S/C20H11F2NO2/c21-12-6-8-18(17(22)10-12)23-20(25)11-5-7-14-13-3-1-2-4-15(13)19(24)16(14)9-11/h1-10H,(H,23,25). The molecule has 25 heavy (non-hydrogen) atoms. The molecule has 1 aliphatic rings. The maximum atomic E-state index is 13.7. The van der Waals surface area contributed by atoms with Gasteiger partial charge < -0.3 is 5.32 Å². The van der Waals surface area contributed by atoms with Gasteiger partial charge in [0.05, 0.1) is 5.69 Å². The Kier molecular flexibility index (Phi) is 3.42. The van der Waals surface area contributed by atoms with Gasteiger partial charge in [0.1, 0.15) is 11.6 Å². The number of carbonyl (C=O) groups is 2. The van der Waals surface area contributed by atoms with Gasteiger partial charge in [0.15, 0.2) is 5.78 Å². The summed E-state index contributed by atoms with van der Waals surface area (Å²) in [4.78, 5) is 24.8. The predicted molar refractivity (Wildman–Crippen MR) is 89.6 cm³/mol. The van der Waals surface area contributed by atoms with E-state index in [-0.39, 0.29) is 17.0 Å². The molecular weight excluding hydrogens is 324 g/mol. The fourth-order valence-electron chi connectivity index (χ4n) is 2.95. The highest BCUT2D eigenvalue weighted by Gasteiger charge is 2.27. The van der Waals surface area contributed by atoms with Gasteiger partial charge in [0.25, 0.3) is 5.91 Å². The van der Waals surface area contributed by atoms with E-state index in [1.807, 2.05) is 12.1 Å². The van der Waals surface area contributed by atoms with Gasteiger partial charge in [0, 0.05) is 22.8 Å². The van der Waals surface area contributed by atoms with Crippen molar-refractivity contribution in [1.29, 1.82) is 0 Å². The van der Waals surface area contributed by atoms with E-state index in [9.17, 15) is 18.4 Å². The highest BCUT2D eigenvalue weighted by atomic mass is 19.1. The van der Waals surface area contributed by atoms with Crippen LogP contribution in [0.4, 0.5) is 14.5 Å². The molecule has 3 nitrogen and oxygen atoms in total. The summed E-state index contributed by atoms with van der Waals surface area (Å²) in [6, 6.07) is 14.9. The fourth-order valence-corrected chi connectivity index (χ4v) is 2.95.